The van der Waals surface area contributed by atoms with E-state index in [-0.39, 0.29) is 0 Å². The molecule has 0 bridgehead atoms. The highest BCUT2D eigenvalue weighted by Crippen LogP contribution is 2.25. The molecule has 1 aromatic carbocycles. The first-order valence-corrected chi connectivity index (χ1v) is 8.99. The quantitative estimate of drug-likeness (QED) is 0.850. The van der Waals surface area contributed by atoms with Gasteiger partial charge in [0.25, 0.3) is 0 Å². The fraction of sp³-hybridized carbons (Fsp3) is 0.647. The van der Waals surface area contributed by atoms with E-state index >= 15 is 0 Å². The van der Waals surface area contributed by atoms with Gasteiger partial charge < -0.3 is 10.2 Å². The Morgan fingerprint density at radius 1 is 1.30 bits per heavy atom. The number of benzene rings is 1. The van der Waals surface area contributed by atoms with Crippen LogP contribution in [0.5, 0.6) is 0 Å². The van der Waals surface area contributed by atoms with Crippen LogP contribution in [0.4, 0.5) is 5.69 Å². The summed E-state index contributed by atoms with van der Waals surface area (Å²) in [7, 11) is 0. The Balaban J connectivity index is 2.01. The molecule has 2 rings (SSSR count). The summed E-state index contributed by atoms with van der Waals surface area (Å²) < 4.78 is 0. The van der Waals surface area contributed by atoms with Crippen LogP contribution < -0.4 is 10.2 Å². The predicted molar refractivity (Wildman–Crippen MR) is 91.9 cm³/mol. The minimum Gasteiger partial charge on any atom is -0.370 e. The number of thioether (sulfide) groups is 1. The van der Waals surface area contributed by atoms with Gasteiger partial charge in [-0.3, -0.25) is 0 Å². The summed E-state index contributed by atoms with van der Waals surface area (Å²) in [5.74, 6) is 1.25. The van der Waals surface area contributed by atoms with Crippen molar-refractivity contribution in [3.05, 3.63) is 29.8 Å². The molecule has 0 aromatic heterocycles. The van der Waals surface area contributed by atoms with Crippen molar-refractivity contribution in [2.24, 2.45) is 0 Å². The van der Waals surface area contributed by atoms with Gasteiger partial charge in [0, 0.05) is 35.8 Å². The van der Waals surface area contributed by atoms with Gasteiger partial charge in [0.2, 0.25) is 0 Å². The molecule has 0 radical (unpaired) electrons. The first-order chi connectivity index (χ1) is 9.74. The van der Waals surface area contributed by atoms with Crippen LogP contribution in [0.3, 0.4) is 0 Å². The molecule has 3 heteroatoms. The van der Waals surface area contributed by atoms with Gasteiger partial charge in [-0.1, -0.05) is 32.9 Å². The molecule has 1 aliphatic heterocycles. The monoisotopic (exact) mass is 292 g/mol. The minimum absolute atomic E-state index is 0.500. The van der Waals surface area contributed by atoms with Gasteiger partial charge in [0.05, 0.1) is 0 Å². The molecule has 1 heterocycles. The molecule has 2 atom stereocenters. The molecule has 20 heavy (non-hydrogen) atoms. The second-order valence-corrected chi connectivity index (χ2v) is 7.18. The minimum atomic E-state index is 0.500. The van der Waals surface area contributed by atoms with Crippen LogP contribution in [-0.2, 0) is 0 Å². The lowest BCUT2D eigenvalue weighted by Gasteiger charge is -2.32. The van der Waals surface area contributed by atoms with Gasteiger partial charge >= 0.3 is 0 Å². The average molecular weight is 292 g/mol. The average Bonchev–Trinajstić information content (AvgIpc) is 2.49. The Hall–Kier alpha value is -0.670. The lowest BCUT2D eigenvalue weighted by atomic mass is 10.0. The third-order valence-corrected chi connectivity index (χ3v) is 5.09. The Labute approximate surface area is 128 Å². The molecule has 1 saturated heterocycles. The van der Waals surface area contributed by atoms with Gasteiger partial charge in [-0.15, -0.1) is 0 Å². The van der Waals surface area contributed by atoms with Gasteiger partial charge in [0.1, 0.15) is 0 Å². The number of rotatable bonds is 6. The Morgan fingerprint density at radius 3 is 2.65 bits per heavy atom. The highest BCUT2D eigenvalue weighted by molar-refractivity contribution is 8.00. The summed E-state index contributed by atoms with van der Waals surface area (Å²) >= 11 is 2.09. The number of anilines is 1. The second-order valence-electron chi connectivity index (χ2n) is 5.63. The number of hydrogen-bond acceptors (Lipinski definition) is 3. The fourth-order valence-electron chi connectivity index (χ4n) is 2.79. The largest absolute Gasteiger partial charge is 0.370 e. The van der Waals surface area contributed by atoms with Gasteiger partial charge in [-0.2, -0.15) is 11.8 Å². The van der Waals surface area contributed by atoms with Gasteiger partial charge in [-0.25, -0.2) is 0 Å². The molecule has 1 N–H and O–H groups in total. The molecule has 2 nitrogen and oxygen atoms in total. The van der Waals surface area contributed by atoms with E-state index in [1.54, 1.807) is 0 Å². The maximum Gasteiger partial charge on any atom is 0.0367 e. The standard InChI is InChI=1S/C17H28N2S/c1-4-10-18-17(5-2)15-6-8-16(9-7-15)19-11-12-20-14(3)13-19/h6-9,14,17-18H,4-5,10-13H2,1-3H3. The normalized spacial score (nSPS) is 20.9. The maximum atomic E-state index is 3.62. The second kappa shape index (κ2) is 7.94. The fourth-order valence-corrected chi connectivity index (χ4v) is 3.80. The summed E-state index contributed by atoms with van der Waals surface area (Å²) in [4.78, 5) is 2.52. The van der Waals surface area contributed by atoms with E-state index in [4.69, 9.17) is 0 Å². The van der Waals surface area contributed by atoms with Crippen molar-refractivity contribution in [2.75, 3.05) is 30.3 Å². The molecular formula is C17H28N2S. The van der Waals surface area contributed by atoms with E-state index in [9.17, 15) is 0 Å². The van der Waals surface area contributed by atoms with Crippen LogP contribution in [-0.4, -0.2) is 30.6 Å². The van der Waals surface area contributed by atoms with E-state index in [2.05, 4.69) is 67.0 Å². The number of hydrogen-bond donors (Lipinski definition) is 1. The van der Waals surface area contributed by atoms with E-state index in [1.165, 1.54) is 36.5 Å². The Kier molecular flexibility index (Phi) is 6.24. The van der Waals surface area contributed by atoms with Crippen LogP contribution in [0.1, 0.15) is 45.2 Å². The van der Waals surface area contributed by atoms with Crippen LogP contribution >= 0.6 is 11.8 Å². The molecule has 1 aromatic rings. The molecule has 2 unspecified atom stereocenters. The zero-order chi connectivity index (χ0) is 14.4. The SMILES string of the molecule is CCCNC(CC)c1ccc(N2CCSC(C)C2)cc1. The summed E-state index contributed by atoms with van der Waals surface area (Å²) in [6.07, 6.45) is 2.34. The van der Waals surface area contributed by atoms with Crippen molar-refractivity contribution in [3.8, 4) is 0 Å². The zero-order valence-corrected chi connectivity index (χ0v) is 13.9. The van der Waals surface area contributed by atoms with Crippen molar-refractivity contribution in [3.63, 3.8) is 0 Å². The summed E-state index contributed by atoms with van der Waals surface area (Å²) in [6, 6.07) is 9.71. The van der Waals surface area contributed by atoms with Crippen molar-refractivity contribution in [1.29, 1.82) is 0 Å². The molecule has 0 spiro atoms. The third kappa shape index (κ3) is 4.16. The smallest absolute Gasteiger partial charge is 0.0367 e. The lowest BCUT2D eigenvalue weighted by molar-refractivity contribution is 0.518. The van der Waals surface area contributed by atoms with Crippen LogP contribution in [0.25, 0.3) is 0 Å². The molecule has 1 aliphatic rings. The highest BCUT2D eigenvalue weighted by atomic mass is 32.2. The van der Waals surface area contributed by atoms with Crippen LogP contribution in [0, 0.1) is 0 Å². The van der Waals surface area contributed by atoms with Crippen molar-refractivity contribution in [2.45, 2.75) is 44.9 Å². The van der Waals surface area contributed by atoms with Crippen molar-refractivity contribution < 1.29 is 0 Å². The first-order valence-electron chi connectivity index (χ1n) is 7.94. The lowest BCUT2D eigenvalue weighted by Crippen LogP contribution is -2.36. The molecule has 0 aliphatic carbocycles. The molecule has 0 amide bonds. The third-order valence-electron chi connectivity index (χ3n) is 3.95. The number of nitrogens with one attached hydrogen (secondary N) is 1. The van der Waals surface area contributed by atoms with E-state index in [0.29, 0.717) is 6.04 Å². The van der Waals surface area contributed by atoms with Gasteiger partial charge in [0.15, 0.2) is 0 Å². The summed E-state index contributed by atoms with van der Waals surface area (Å²) in [5.41, 5.74) is 2.80. The predicted octanol–water partition coefficient (Wildman–Crippen LogP) is 4.08. The van der Waals surface area contributed by atoms with Crippen molar-refractivity contribution >= 4 is 17.4 Å². The molecule has 1 fully saturated rings. The summed E-state index contributed by atoms with van der Waals surface area (Å²) in [6.45, 7) is 10.3. The van der Waals surface area contributed by atoms with Crippen LogP contribution in [0.2, 0.25) is 0 Å². The maximum absolute atomic E-state index is 3.62. The van der Waals surface area contributed by atoms with Crippen LogP contribution in [0.15, 0.2) is 24.3 Å². The Bertz CT molecular complexity index is 390. The number of nitrogens with zero attached hydrogens (tertiary/aromatic N) is 1. The van der Waals surface area contributed by atoms with E-state index < -0.39 is 0 Å². The molecule has 112 valence electrons. The topological polar surface area (TPSA) is 15.3 Å². The van der Waals surface area contributed by atoms with E-state index in [1.807, 2.05) is 0 Å². The first kappa shape index (κ1) is 15.7. The van der Waals surface area contributed by atoms with Crippen molar-refractivity contribution in [1.82, 2.24) is 5.32 Å². The molecule has 0 saturated carbocycles. The van der Waals surface area contributed by atoms with E-state index in [0.717, 1.165) is 18.2 Å². The van der Waals surface area contributed by atoms with Gasteiger partial charge in [-0.05, 0) is 37.1 Å². The summed E-state index contributed by atoms with van der Waals surface area (Å²) in [5, 5.41) is 4.37. The highest BCUT2D eigenvalue weighted by Gasteiger charge is 2.17. The Morgan fingerprint density at radius 2 is 2.05 bits per heavy atom. The zero-order valence-electron chi connectivity index (χ0n) is 13.1. The molecular weight excluding hydrogens is 264 g/mol.